The van der Waals surface area contributed by atoms with Crippen LogP contribution in [0, 0.1) is 19.3 Å². The van der Waals surface area contributed by atoms with E-state index in [-0.39, 0.29) is 17.0 Å². The maximum atomic E-state index is 12.3. The summed E-state index contributed by atoms with van der Waals surface area (Å²) in [6, 6.07) is 3.98. The first-order valence-electron chi connectivity index (χ1n) is 7.69. The van der Waals surface area contributed by atoms with Crippen molar-refractivity contribution in [2.24, 2.45) is 5.41 Å². The molecule has 0 aliphatic carbocycles. The van der Waals surface area contributed by atoms with Crippen molar-refractivity contribution in [3.63, 3.8) is 0 Å². The number of halogens is 1. The monoisotopic (exact) mass is 365 g/mol. The number of nitrogens with one attached hydrogen (secondary N) is 1. The summed E-state index contributed by atoms with van der Waals surface area (Å²) in [5.41, 5.74) is 3.01. The molecule has 1 heterocycles. The number of Topliss-reactive ketones (excluding diaryl/α,β-unsaturated/α-hetero) is 1. The van der Waals surface area contributed by atoms with Crippen LogP contribution in [0.4, 0.5) is 0 Å². The Morgan fingerprint density at radius 1 is 1.23 bits per heavy atom. The van der Waals surface area contributed by atoms with Gasteiger partial charge in [0.1, 0.15) is 5.76 Å². The molecule has 1 aromatic rings. The van der Waals surface area contributed by atoms with Crippen LogP contribution in [-0.2, 0) is 4.79 Å². The minimum absolute atomic E-state index is 0.0780. The lowest BCUT2D eigenvalue weighted by atomic mass is 9.75. The summed E-state index contributed by atoms with van der Waals surface area (Å²) >= 11 is 3.49. The van der Waals surface area contributed by atoms with Crippen LogP contribution in [0.3, 0.4) is 0 Å². The van der Waals surface area contributed by atoms with Gasteiger partial charge in [0, 0.05) is 9.89 Å². The Hall–Kier alpha value is -1.13. The van der Waals surface area contributed by atoms with Crippen LogP contribution in [0.25, 0.3) is 5.57 Å². The lowest BCUT2D eigenvalue weighted by molar-refractivity contribution is -0.112. The van der Waals surface area contributed by atoms with Gasteiger partial charge >= 0.3 is 0 Å². The van der Waals surface area contributed by atoms with E-state index in [1.54, 1.807) is 0 Å². The molecule has 2 N–H and O–H groups in total. The quantitative estimate of drug-likeness (QED) is 0.619. The predicted molar refractivity (Wildman–Crippen MR) is 94.1 cm³/mol. The molecule has 1 aliphatic rings. The summed E-state index contributed by atoms with van der Waals surface area (Å²) in [7, 11) is 0. The van der Waals surface area contributed by atoms with Crippen molar-refractivity contribution in [2.75, 3.05) is 13.1 Å². The summed E-state index contributed by atoms with van der Waals surface area (Å²) in [4.78, 5) is 12.3. The van der Waals surface area contributed by atoms with E-state index in [9.17, 15) is 9.90 Å². The fourth-order valence-electron chi connectivity index (χ4n) is 3.28. The number of allylic oxidation sites excluding steroid dienone is 2. The van der Waals surface area contributed by atoms with Crippen molar-refractivity contribution in [3.05, 3.63) is 39.1 Å². The van der Waals surface area contributed by atoms with Gasteiger partial charge in [-0.1, -0.05) is 22.9 Å². The Morgan fingerprint density at radius 2 is 1.73 bits per heavy atom. The molecule has 22 heavy (non-hydrogen) atoms. The van der Waals surface area contributed by atoms with Crippen LogP contribution in [0.5, 0.6) is 0 Å². The lowest BCUT2D eigenvalue weighted by Crippen LogP contribution is -2.36. The molecule has 4 heteroatoms. The molecule has 0 spiro atoms. The summed E-state index contributed by atoms with van der Waals surface area (Å²) in [6.45, 7) is 9.28. The van der Waals surface area contributed by atoms with Gasteiger partial charge in [-0.25, -0.2) is 0 Å². The molecular formula is C18H24BrNO2. The van der Waals surface area contributed by atoms with Gasteiger partial charge in [0.15, 0.2) is 5.78 Å². The third-order valence-electron chi connectivity index (χ3n) is 4.62. The molecule has 0 amide bonds. The summed E-state index contributed by atoms with van der Waals surface area (Å²) in [5, 5.41) is 14.3. The number of carbonyl (C=O) groups excluding carboxylic acids is 1. The van der Waals surface area contributed by atoms with E-state index in [1.165, 1.54) is 6.92 Å². The molecule has 3 nitrogen and oxygen atoms in total. The average molecular weight is 366 g/mol. The van der Waals surface area contributed by atoms with Crippen LogP contribution in [0.15, 0.2) is 22.4 Å². The van der Waals surface area contributed by atoms with Crippen molar-refractivity contribution < 1.29 is 9.90 Å². The van der Waals surface area contributed by atoms with Crippen molar-refractivity contribution in [1.29, 1.82) is 0 Å². The van der Waals surface area contributed by atoms with Crippen LogP contribution in [0.2, 0.25) is 0 Å². The van der Waals surface area contributed by atoms with E-state index in [0.29, 0.717) is 5.57 Å². The number of benzene rings is 1. The van der Waals surface area contributed by atoms with Crippen LogP contribution >= 0.6 is 15.9 Å². The lowest BCUT2D eigenvalue weighted by Gasteiger charge is -2.35. The number of hydrogen-bond donors (Lipinski definition) is 2. The molecule has 1 aromatic carbocycles. The SMILES string of the molecule is CC(=O)/C(=C(/O)C1(C)CCNCC1)c1c(C)cc(Br)cc1C. The molecule has 0 atom stereocenters. The van der Waals surface area contributed by atoms with Gasteiger partial charge in [0.2, 0.25) is 0 Å². The number of aliphatic hydroxyl groups is 1. The van der Waals surface area contributed by atoms with Crippen molar-refractivity contribution >= 4 is 27.3 Å². The Balaban J connectivity index is 2.65. The van der Waals surface area contributed by atoms with Gasteiger partial charge in [-0.05, 0) is 75.5 Å². The molecule has 0 bridgehead atoms. The zero-order valence-electron chi connectivity index (χ0n) is 13.7. The zero-order chi connectivity index (χ0) is 16.5. The first-order chi connectivity index (χ1) is 10.3. The van der Waals surface area contributed by atoms with E-state index in [2.05, 4.69) is 28.2 Å². The van der Waals surface area contributed by atoms with Crippen molar-refractivity contribution in [3.8, 4) is 0 Å². The number of piperidine rings is 1. The number of hydrogen-bond acceptors (Lipinski definition) is 3. The fourth-order valence-corrected chi connectivity index (χ4v) is 3.97. The summed E-state index contributed by atoms with van der Waals surface area (Å²) in [6.07, 6.45) is 1.68. The van der Waals surface area contributed by atoms with E-state index < -0.39 is 0 Å². The van der Waals surface area contributed by atoms with E-state index in [1.807, 2.05) is 26.0 Å². The molecule has 0 saturated carbocycles. The van der Waals surface area contributed by atoms with Gasteiger partial charge in [0.05, 0.1) is 5.57 Å². The molecule has 1 fully saturated rings. The molecule has 1 saturated heterocycles. The molecule has 2 rings (SSSR count). The smallest absolute Gasteiger partial charge is 0.163 e. The Morgan fingerprint density at radius 3 is 2.18 bits per heavy atom. The number of carbonyl (C=O) groups is 1. The molecular weight excluding hydrogens is 342 g/mol. The number of ketones is 1. The normalized spacial score (nSPS) is 18.8. The highest BCUT2D eigenvalue weighted by Gasteiger charge is 2.35. The summed E-state index contributed by atoms with van der Waals surface area (Å²) < 4.78 is 0.988. The van der Waals surface area contributed by atoms with Gasteiger partial charge in [-0.3, -0.25) is 4.79 Å². The Kier molecular flexibility index (Phi) is 5.13. The molecule has 0 unspecified atom stereocenters. The molecule has 1 aliphatic heterocycles. The van der Waals surface area contributed by atoms with Gasteiger partial charge in [0.25, 0.3) is 0 Å². The highest BCUT2D eigenvalue weighted by atomic mass is 79.9. The highest BCUT2D eigenvalue weighted by Crippen LogP contribution is 2.40. The van der Waals surface area contributed by atoms with Crippen LogP contribution in [0.1, 0.15) is 43.4 Å². The van der Waals surface area contributed by atoms with E-state index >= 15 is 0 Å². The van der Waals surface area contributed by atoms with Crippen LogP contribution in [-0.4, -0.2) is 24.0 Å². The van der Waals surface area contributed by atoms with Gasteiger partial charge < -0.3 is 10.4 Å². The standard InChI is InChI=1S/C18H24BrNO2/c1-11-9-14(19)10-12(2)15(11)16(13(3)21)17(22)18(4)5-7-20-8-6-18/h9-10,20,22H,5-8H2,1-4H3/b17-16-. The van der Waals surface area contributed by atoms with E-state index in [4.69, 9.17) is 0 Å². The Labute approximate surface area is 140 Å². The third kappa shape index (κ3) is 3.28. The topological polar surface area (TPSA) is 49.3 Å². The molecule has 0 aromatic heterocycles. The zero-order valence-corrected chi connectivity index (χ0v) is 15.3. The first-order valence-corrected chi connectivity index (χ1v) is 8.48. The maximum Gasteiger partial charge on any atom is 0.163 e. The second-order valence-corrected chi connectivity index (χ2v) is 7.42. The Bertz CT molecular complexity index is 605. The number of aliphatic hydroxyl groups excluding tert-OH is 1. The maximum absolute atomic E-state index is 12.3. The first kappa shape index (κ1) is 17.2. The van der Waals surface area contributed by atoms with Gasteiger partial charge in [-0.15, -0.1) is 0 Å². The fraction of sp³-hybridized carbons (Fsp3) is 0.500. The number of aryl methyl sites for hydroxylation is 2. The minimum atomic E-state index is -0.335. The molecule has 0 radical (unpaired) electrons. The second-order valence-electron chi connectivity index (χ2n) is 6.51. The number of rotatable bonds is 3. The van der Waals surface area contributed by atoms with Gasteiger partial charge in [-0.2, -0.15) is 0 Å². The predicted octanol–water partition coefficient (Wildman–Crippen LogP) is 4.31. The largest absolute Gasteiger partial charge is 0.511 e. The highest BCUT2D eigenvalue weighted by molar-refractivity contribution is 9.10. The van der Waals surface area contributed by atoms with E-state index in [0.717, 1.165) is 47.1 Å². The minimum Gasteiger partial charge on any atom is -0.511 e. The average Bonchev–Trinajstić information content (AvgIpc) is 2.42. The summed E-state index contributed by atoms with van der Waals surface area (Å²) in [5.74, 6) is 0.167. The van der Waals surface area contributed by atoms with Crippen molar-refractivity contribution in [2.45, 2.75) is 40.5 Å². The van der Waals surface area contributed by atoms with Crippen LogP contribution < -0.4 is 5.32 Å². The second kappa shape index (κ2) is 6.55. The third-order valence-corrected chi connectivity index (χ3v) is 5.07. The molecule has 120 valence electrons. The van der Waals surface area contributed by atoms with Crippen molar-refractivity contribution in [1.82, 2.24) is 5.32 Å².